The van der Waals surface area contributed by atoms with E-state index >= 15 is 0 Å². The number of unbranched alkanes of at least 4 members (excludes halogenated alkanes) is 18. The molecule has 36 heavy (non-hydrogen) atoms. The fourth-order valence-corrected chi connectivity index (χ4v) is 4.48. The van der Waals surface area contributed by atoms with Crippen LogP contribution in [0.5, 0.6) is 0 Å². The molecule has 0 aromatic carbocycles. The summed E-state index contributed by atoms with van der Waals surface area (Å²) in [6.45, 7) is 4.25. The Labute approximate surface area is 224 Å². The predicted molar refractivity (Wildman–Crippen MR) is 156 cm³/mol. The molecule has 0 spiro atoms. The van der Waals surface area contributed by atoms with Crippen LogP contribution in [-0.2, 0) is 4.79 Å². The van der Waals surface area contributed by atoms with E-state index in [0.717, 1.165) is 32.1 Å². The summed E-state index contributed by atoms with van der Waals surface area (Å²) < 4.78 is 0. The van der Waals surface area contributed by atoms with Crippen LogP contribution in [0.2, 0.25) is 0 Å². The van der Waals surface area contributed by atoms with E-state index in [0.29, 0.717) is 6.42 Å². The SMILES string of the molecule is CCCCCCCCC/C=C/CC/C=C/[C@@H](O)[C@H](CO)NC(=O)CCCCCCCCCCCCC. The molecule has 0 aromatic heterocycles. The lowest BCUT2D eigenvalue weighted by molar-refractivity contribution is -0.123. The number of rotatable bonds is 27. The van der Waals surface area contributed by atoms with E-state index in [2.05, 4.69) is 31.3 Å². The quantitative estimate of drug-likeness (QED) is 0.0770. The highest BCUT2D eigenvalue weighted by molar-refractivity contribution is 5.76. The molecule has 0 radical (unpaired) electrons. The summed E-state index contributed by atoms with van der Waals surface area (Å²) in [5.74, 6) is -0.0780. The van der Waals surface area contributed by atoms with E-state index in [9.17, 15) is 15.0 Å². The average Bonchev–Trinajstić information content (AvgIpc) is 2.88. The first kappa shape index (κ1) is 34.9. The Morgan fingerprint density at radius 2 is 1.08 bits per heavy atom. The zero-order valence-electron chi connectivity index (χ0n) is 24.0. The van der Waals surface area contributed by atoms with Crippen molar-refractivity contribution < 1.29 is 15.0 Å². The summed E-state index contributed by atoms with van der Waals surface area (Å²) in [6.07, 6.45) is 33.9. The number of hydrogen-bond acceptors (Lipinski definition) is 3. The molecule has 0 saturated carbocycles. The van der Waals surface area contributed by atoms with E-state index in [4.69, 9.17) is 0 Å². The molecule has 4 nitrogen and oxygen atoms in total. The monoisotopic (exact) mass is 507 g/mol. The zero-order chi connectivity index (χ0) is 26.5. The van der Waals surface area contributed by atoms with Crippen molar-refractivity contribution in [2.75, 3.05) is 6.61 Å². The van der Waals surface area contributed by atoms with E-state index < -0.39 is 12.1 Å². The molecule has 212 valence electrons. The van der Waals surface area contributed by atoms with Gasteiger partial charge in [0, 0.05) is 6.42 Å². The fraction of sp³-hybridized carbons (Fsp3) is 0.844. The molecule has 0 heterocycles. The van der Waals surface area contributed by atoms with Gasteiger partial charge in [0.15, 0.2) is 0 Å². The van der Waals surface area contributed by atoms with E-state index in [1.54, 1.807) is 6.08 Å². The molecule has 0 aliphatic carbocycles. The standard InChI is InChI=1S/C32H61NO3/c1-3-5-7-9-11-13-15-16-18-19-21-23-25-27-31(35)30(29-34)33-32(36)28-26-24-22-20-17-14-12-10-8-6-4-2/h18-19,25,27,30-31,34-35H,3-17,20-24,26,28-29H2,1-2H3,(H,33,36)/b19-18+,27-25+/t30-,31+/m0/s1. The van der Waals surface area contributed by atoms with Gasteiger partial charge in [-0.3, -0.25) is 4.79 Å². The van der Waals surface area contributed by atoms with Gasteiger partial charge >= 0.3 is 0 Å². The van der Waals surface area contributed by atoms with Crippen molar-refractivity contribution in [3.63, 3.8) is 0 Å². The zero-order valence-corrected chi connectivity index (χ0v) is 24.0. The summed E-state index contributed by atoms with van der Waals surface area (Å²) in [4.78, 5) is 12.2. The van der Waals surface area contributed by atoms with Gasteiger partial charge in [-0.05, 0) is 32.1 Å². The van der Waals surface area contributed by atoms with Gasteiger partial charge in [-0.2, -0.15) is 0 Å². The first-order valence-electron chi connectivity index (χ1n) is 15.6. The third-order valence-corrected chi connectivity index (χ3v) is 6.94. The van der Waals surface area contributed by atoms with Crippen LogP contribution < -0.4 is 5.32 Å². The molecular weight excluding hydrogens is 446 g/mol. The molecule has 0 fully saturated rings. The number of hydrogen-bond donors (Lipinski definition) is 3. The summed E-state index contributed by atoms with van der Waals surface area (Å²) in [7, 11) is 0. The predicted octanol–water partition coefficient (Wildman–Crippen LogP) is 8.56. The number of aliphatic hydroxyl groups is 2. The van der Waals surface area contributed by atoms with Crippen molar-refractivity contribution in [2.45, 2.75) is 167 Å². The van der Waals surface area contributed by atoms with Crippen LogP contribution in [0, 0.1) is 0 Å². The lowest BCUT2D eigenvalue weighted by atomic mass is 10.0. The molecular formula is C32H61NO3. The smallest absolute Gasteiger partial charge is 0.220 e. The number of aliphatic hydroxyl groups excluding tert-OH is 2. The molecule has 2 atom stereocenters. The van der Waals surface area contributed by atoms with Crippen molar-refractivity contribution in [3.05, 3.63) is 24.3 Å². The van der Waals surface area contributed by atoms with Crippen LogP contribution in [-0.4, -0.2) is 34.9 Å². The van der Waals surface area contributed by atoms with Gasteiger partial charge in [0.25, 0.3) is 0 Å². The van der Waals surface area contributed by atoms with Crippen molar-refractivity contribution in [1.29, 1.82) is 0 Å². The Hall–Kier alpha value is -1.13. The molecule has 0 unspecified atom stereocenters. The second-order valence-corrected chi connectivity index (χ2v) is 10.5. The van der Waals surface area contributed by atoms with Gasteiger partial charge in [-0.25, -0.2) is 0 Å². The molecule has 0 rings (SSSR count). The second-order valence-electron chi connectivity index (χ2n) is 10.5. The van der Waals surface area contributed by atoms with E-state index in [1.165, 1.54) is 103 Å². The van der Waals surface area contributed by atoms with Crippen molar-refractivity contribution >= 4 is 5.91 Å². The maximum atomic E-state index is 12.2. The van der Waals surface area contributed by atoms with Crippen LogP contribution in [0.1, 0.15) is 155 Å². The van der Waals surface area contributed by atoms with Gasteiger partial charge in [0.1, 0.15) is 0 Å². The van der Waals surface area contributed by atoms with Crippen LogP contribution in [0.25, 0.3) is 0 Å². The highest BCUT2D eigenvalue weighted by atomic mass is 16.3. The Kier molecular flexibility index (Phi) is 27.5. The second kappa shape index (κ2) is 28.4. The maximum absolute atomic E-state index is 12.2. The van der Waals surface area contributed by atoms with Gasteiger partial charge in [-0.1, -0.05) is 141 Å². The van der Waals surface area contributed by atoms with Crippen LogP contribution >= 0.6 is 0 Å². The summed E-state index contributed by atoms with van der Waals surface area (Å²) in [5, 5.41) is 22.7. The molecule has 0 saturated heterocycles. The highest BCUT2D eigenvalue weighted by Gasteiger charge is 2.17. The van der Waals surface area contributed by atoms with Crippen LogP contribution in [0.15, 0.2) is 24.3 Å². The fourth-order valence-electron chi connectivity index (χ4n) is 4.48. The van der Waals surface area contributed by atoms with Crippen molar-refractivity contribution in [1.82, 2.24) is 5.32 Å². The van der Waals surface area contributed by atoms with Crippen molar-refractivity contribution in [2.24, 2.45) is 0 Å². The third kappa shape index (κ3) is 24.6. The summed E-state index contributed by atoms with van der Waals surface area (Å²) in [6, 6.07) is -0.630. The molecule has 0 aromatic rings. The van der Waals surface area contributed by atoms with E-state index in [1.807, 2.05) is 6.08 Å². The molecule has 3 N–H and O–H groups in total. The largest absolute Gasteiger partial charge is 0.394 e. The maximum Gasteiger partial charge on any atom is 0.220 e. The minimum atomic E-state index is -0.854. The molecule has 4 heteroatoms. The Balaban J connectivity index is 3.74. The molecule has 0 aliphatic rings. The van der Waals surface area contributed by atoms with Gasteiger partial charge in [0.2, 0.25) is 5.91 Å². The minimum Gasteiger partial charge on any atom is -0.394 e. The number of carbonyl (C=O) groups is 1. The van der Waals surface area contributed by atoms with Crippen LogP contribution in [0.3, 0.4) is 0 Å². The summed E-state index contributed by atoms with van der Waals surface area (Å²) in [5.41, 5.74) is 0. The highest BCUT2D eigenvalue weighted by Crippen LogP contribution is 2.12. The number of nitrogens with one attached hydrogen (secondary N) is 1. The number of allylic oxidation sites excluding steroid dienone is 3. The Morgan fingerprint density at radius 3 is 1.61 bits per heavy atom. The van der Waals surface area contributed by atoms with E-state index in [-0.39, 0.29) is 12.5 Å². The Morgan fingerprint density at radius 1 is 0.639 bits per heavy atom. The number of amides is 1. The first-order valence-corrected chi connectivity index (χ1v) is 15.6. The number of carbonyl (C=O) groups excluding carboxylic acids is 1. The van der Waals surface area contributed by atoms with Crippen LogP contribution in [0.4, 0.5) is 0 Å². The first-order chi connectivity index (χ1) is 17.7. The van der Waals surface area contributed by atoms with Gasteiger partial charge in [0.05, 0.1) is 18.8 Å². The average molecular weight is 508 g/mol. The lowest BCUT2D eigenvalue weighted by Gasteiger charge is -2.19. The summed E-state index contributed by atoms with van der Waals surface area (Å²) >= 11 is 0. The molecule has 0 aliphatic heterocycles. The Bertz CT molecular complexity index is 518. The van der Waals surface area contributed by atoms with Crippen molar-refractivity contribution in [3.8, 4) is 0 Å². The topological polar surface area (TPSA) is 69.6 Å². The minimum absolute atomic E-state index is 0.0780. The third-order valence-electron chi connectivity index (χ3n) is 6.94. The molecule has 1 amide bonds. The molecule has 0 bridgehead atoms. The van der Waals surface area contributed by atoms with Gasteiger partial charge in [-0.15, -0.1) is 0 Å². The lowest BCUT2D eigenvalue weighted by Crippen LogP contribution is -2.45. The van der Waals surface area contributed by atoms with Gasteiger partial charge < -0.3 is 15.5 Å². The normalized spacial score (nSPS) is 13.6.